The first-order valence-corrected chi connectivity index (χ1v) is 22.3. The second kappa shape index (κ2) is 22.7. The molecule has 0 aromatic rings. The lowest BCUT2D eigenvalue weighted by atomic mass is 9.53. The summed E-state index contributed by atoms with van der Waals surface area (Å²) >= 11 is 0. The fourth-order valence-corrected chi connectivity index (χ4v) is 10.2. The fraction of sp³-hybridized carbons (Fsp3) is 0.947. The van der Waals surface area contributed by atoms with E-state index in [4.69, 9.17) is 44.6 Å². The monoisotopic (exact) mass is 1080 g/mol. The van der Waals surface area contributed by atoms with Crippen LogP contribution in [0.15, 0.2) is 0 Å². The molecule has 35 nitrogen and oxygen atoms in total. The number of aliphatic hydroxyl groups excluding tert-OH is 19. The first-order chi connectivity index (χ1) is 33.9. The largest absolute Gasteiger partial charge is 0.394 e. The van der Waals surface area contributed by atoms with Crippen molar-refractivity contribution in [1.29, 1.82) is 0 Å². The van der Waals surface area contributed by atoms with Gasteiger partial charge < -0.3 is 172 Å². The van der Waals surface area contributed by atoms with Gasteiger partial charge in [-0.05, 0) is 0 Å². The van der Waals surface area contributed by atoms with Gasteiger partial charge in [0.2, 0.25) is 17.5 Å². The lowest BCUT2D eigenvalue weighted by Crippen LogP contribution is -3.03. The molecule has 0 saturated carbocycles. The van der Waals surface area contributed by atoms with E-state index in [2.05, 4.69) is 0 Å². The molecule has 5 fully saturated rings. The highest BCUT2D eigenvalue weighted by atomic mass is 16.8. The summed E-state index contributed by atoms with van der Waals surface area (Å²) in [5, 5.41) is 269. The van der Waals surface area contributed by atoms with Crippen LogP contribution in [0, 0.1) is 0 Å². The summed E-state index contributed by atoms with van der Waals surface area (Å²) in [5.41, 5.74) is 1.54. The Morgan fingerprint density at radius 3 is 1.45 bits per heavy atom. The van der Waals surface area contributed by atoms with Crippen LogP contribution in [0.4, 0.5) is 0 Å². The minimum absolute atomic E-state index is 0.292. The van der Waals surface area contributed by atoms with Crippen LogP contribution in [0.3, 0.4) is 0 Å². The summed E-state index contributed by atoms with van der Waals surface area (Å²) in [4.78, 5) is 26.5. The van der Waals surface area contributed by atoms with Gasteiger partial charge in [-0.3, -0.25) is 4.79 Å². The topological polar surface area (TPSA) is 628 Å². The van der Waals surface area contributed by atoms with Crippen LogP contribution in [0.5, 0.6) is 0 Å². The Bertz CT molecular complexity index is 1870. The van der Waals surface area contributed by atoms with Crippen LogP contribution < -0.4 is 16.8 Å². The molecule has 5 rings (SSSR count). The normalized spacial score (nSPS) is 51.4. The standard InChI is InChI=1S/C38H67N3O32/c1-9(49)41-37(35(65)29(61)25(58)21(54)14(6-46)70-35)33(63,34(64)28(60)24(57)20(53)13(5-45)69-34)31(68-32-17(40)23(56)19(52)12(4-44)67-32)16(8-48)72-38(37,73-27(11(50)3-43)18(51)10(39)2-42)36(66)30(62)26(59)22(55)15(7-47)71-36/h2,10-32,43-48,50-66H,3-8,39-40H2,1H3,(H,41,49)/t10-,11+,12+,13?,14?,15?,16+,17+,18+,19+,20?,21?,22?,23+,24?,25?,26?,27+,28?,29?,30?,31-,32-,33+,34?,35?,36?,37+,38+/m0/s1. The van der Waals surface area contributed by atoms with Crippen LogP contribution in [-0.2, 0) is 42.7 Å². The van der Waals surface area contributed by atoms with Gasteiger partial charge in [0.1, 0.15) is 128 Å². The third kappa shape index (κ3) is 9.21. The van der Waals surface area contributed by atoms with E-state index in [0.717, 1.165) is 0 Å². The van der Waals surface area contributed by atoms with Gasteiger partial charge in [-0.25, -0.2) is 0 Å². The number of amides is 1. The highest BCUT2D eigenvalue weighted by Crippen LogP contribution is 2.64. The summed E-state index contributed by atoms with van der Waals surface area (Å²) in [5.74, 6) is -21.8. The third-order valence-electron chi connectivity index (χ3n) is 14.1. The van der Waals surface area contributed by atoms with E-state index in [1.165, 1.54) is 0 Å². The molecule has 5 aliphatic heterocycles. The molecular weight excluding hydrogens is 1010 g/mol. The van der Waals surface area contributed by atoms with E-state index in [9.17, 15) is 127 Å². The summed E-state index contributed by atoms with van der Waals surface area (Å²) in [6, 6.07) is -4.66. The van der Waals surface area contributed by atoms with Crippen molar-refractivity contribution in [3.8, 4) is 0 Å². The maximum absolute atomic E-state index is 14.5. The zero-order chi connectivity index (χ0) is 55.5. The molecular formula is C38H67N3O32. The molecule has 5 heterocycles. The SMILES string of the molecule is CC(=O)N[C@]1(C2(O)OC(CO)C(O)C(O)C2O)[C@](O[C@@H]([C@H](O)[C@@H](N)C=O)[C@H](O)CO)(C2(O)OC(CO)C(O)C(O)C2O)O[C@H](CO)[C@H](O[C@@H]2O[C@H](CO)[C@@H](O)[C@H](O)[C@H]2N)[C@@]1(O)C1(O)OC(CO)C(O)C(O)C1O. The average molecular weight is 1080 g/mol. The van der Waals surface area contributed by atoms with Gasteiger partial charge in [0, 0.05) is 6.92 Å². The molecule has 0 aromatic carbocycles. The molecule has 35 heteroatoms. The maximum atomic E-state index is 14.5. The van der Waals surface area contributed by atoms with Crippen molar-refractivity contribution in [2.45, 2.75) is 182 Å². The van der Waals surface area contributed by atoms with Gasteiger partial charge in [0.25, 0.3) is 11.6 Å². The Balaban J connectivity index is 2.21. The molecule has 5 aliphatic rings. The zero-order valence-corrected chi connectivity index (χ0v) is 38.2. The number of carbonyl (C=O) groups excluding carboxylic acids is 2. The predicted molar refractivity (Wildman–Crippen MR) is 220 cm³/mol. The third-order valence-corrected chi connectivity index (χ3v) is 14.1. The van der Waals surface area contributed by atoms with E-state index in [1.54, 1.807) is 5.32 Å². The summed E-state index contributed by atoms with van der Waals surface area (Å²) in [7, 11) is 0. The molecule has 0 radical (unpaired) electrons. The van der Waals surface area contributed by atoms with Crippen LogP contribution in [0.1, 0.15) is 6.92 Å². The first-order valence-electron chi connectivity index (χ1n) is 22.3. The number of nitrogens with one attached hydrogen (secondary N) is 1. The average Bonchev–Trinajstić information content (AvgIpc) is 3.37. The Morgan fingerprint density at radius 1 is 0.616 bits per heavy atom. The predicted octanol–water partition coefficient (Wildman–Crippen LogP) is -18.1. The number of aliphatic hydroxyl groups is 23. The molecule has 426 valence electrons. The number of nitrogens with two attached hydrogens (primary N) is 2. The van der Waals surface area contributed by atoms with Gasteiger partial charge in [-0.15, -0.1) is 0 Å². The van der Waals surface area contributed by atoms with Gasteiger partial charge in [0.15, 0.2) is 17.4 Å². The van der Waals surface area contributed by atoms with Crippen molar-refractivity contribution in [1.82, 2.24) is 5.32 Å². The minimum atomic E-state index is -5.22. The number of ether oxygens (including phenoxy) is 7. The highest BCUT2D eigenvalue weighted by Gasteiger charge is 2.95. The van der Waals surface area contributed by atoms with Crippen LogP contribution >= 0.6 is 0 Å². The van der Waals surface area contributed by atoms with E-state index < -0.39 is 220 Å². The second-order valence-electron chi connectivity index (χ2n) is 18.4. The molecule has 5 saturated heterocycles. The van der Waals surface area contributed by atoms with Crippen molar-refractivity contribution < 1.29 is 160 Å². The lowest BCUT2D eigenvalue weighted by molar-refractivity contribution is -0.571. The van der Waals surface area contributed by atoms with Crippen molar-refractivity contribution in [3.05, 3.63) is 0 Å². The Kier molecular flexibility index (Phi) is 19.2. The number of hydrogen-bond donors (Lipinski definition) is 26. The quantitative estimate of drug-likeness (QED) is 0.0567. The molecule has 0 aromatic heterocycles. The van der Waals surface area contributed by atoms with Crippen molar-refractivity contribution in [3.63, 3.8) is 0 Å². The van der Waals surface area contributed by atoms with Crippen molar-refractivity contribution >= 4 is 12.2 Å². The molecule has 0 bridgehead atoms. The molecule has 15 unspecified atom stereocenters. The molecule has 29 atom stereocenters. The Labute approximate surface area is 410 Å². The van der Waals surface area contributed by atoms with Crippen LogP contribution in [0.25, 0.3) is 0 Å². The number of rotatable bonds is 18. The van der Waals surface area contributed by atoms with E-state index in [-0.39, 0.29) is 6.29 Å². The summed E-state index contributed by atoms with van der Waals surface area (Å²) in [6.07, 6.45) is -61.2. The smallest absolute Gasteiger partial charge is 0.260 e. The van der Waals surface area contributed by atoms with Crippen molar-refractivity contribution in [2.75, 3.05) is 39.6 Å². The number of hydrogen-bond acceptors (Lipinski definition) is 34. The Hall–Kier alpha value is -2.14. The minimum Gasteiger partial charge on any atom is -0.394 e. The second-order valence-corrected chi connectivity index (χ2v) is 18.4. The van der Waals surface area contributed by atoms with Gasteiger partial charge in [-0.2, -0.15) is 0 Å². The van der Waals surface area contributed by atoms with E-state index in [0.29, 0.717) is 6.92 Å². The zero-order valence-electron chi connectivity index (χ0n) is 38.2. The molecule has 0 spiro atoms. The van der Waals surface area contributed by atoms with E-state index >= 15 is 0 Å². The number of carbonyl (C=O) groups is 2. The van der Waals surface area contributed by atoms with Crippen LogP contribution in [0.2, 0.25) is 0 Å². The first kappa shape index (κ1) is 61.7. The molecule has 28 N–H and O–H groups in total. The van der Waals surface area contributed by atoms with Crippen molar-refractivity contribution in [2.24, 2.45) is 11.5 Å². The fourth-order valence-electron chi connectivity index (χ4n) is 10.2. The van der Waals surface area contributed by atoms with E-state index in [1.807, 2.05) is 0 Å². The van der Waals surface area contributed by atoms with Gasteiger partial charge >= 0.3 is 0 Å². The maximum Gasteiger partial charge on any atom is 0.260 e. The summed E-state index contributed by atoms with van der Waals surface area (Å²) in [6.45, 7) is -9.61. The lowest BCUT2D eigenvalue weighted by Gasteiger charge is -2.74. The molecule has 0 aliphatic carbocycles. The highest BCUT2D eigenvalue weighted by molar-refractivity contribution is 5.75. The molecule has 73 heavy (non-hydrogen) atoms. The number of aldehydes is 1. The summed E-state index contributed by atoms with van der Waals surface area (Å²) < 4.78 is 40.3. The van der Waals surface area contributed by atoms with Gasteiger partial charge in [-0.1, -0.05) is 0 Å². The van der Waals surface area contributed by atoms with Crippen LogP contribution in [-0.4, -0.2) is 344 Å². The molecule has 1 amide bonds. The Morgan fingerprint density at radius 2 is 1.03 bits per heavy atom. The van der Waals surface area contributed by atoms with Gasteiger partial charge in [0.05, 0.1) is 51.7 Å².